The molecule has 60 valence electrons. The molecule has 0 aromatic heterocycles. The SMILES string of the molecule is CC(SS(=O)(=O)O)C(=O)O. The highest BCUT2D eigenvalue weighted by atomic mass is 33.1. The first-order chi connectivity index (χ1) is 4.33. The van der Waals surface area contributed by atoms with Gasteiger partial charge in [-0.15, -0.1) is 0 Å². The van der Waals surface area contributed by atoms with E-state index < -0.39 is 20.4 Å². The fraction of sp³-hybridized carbons (Fsp3) is 0.667. The molecule has 0 aliphatic carbocycles. The summed E-state index contributed by atoms with van der Waals surface area (Å²) in [5.74, 6) is -1.28. The summed E-state index contributed by atoms with van der Waals surface area (Å²) in [5.41, 5.74) is 0. The Balaban J connectivity index is 4.06. The smallest absolute Gasteiger partial charge is 0.320 e. The second-order valence-electron chi connectivity index (χ2n) is 1.50. The molecule has 0 saturated carbocycles. The van der Waals surface area contributed by atoms with Crippen molar-refractivity contribution in [2.75, 3.05) is 0 Å². The topological polar surface area (TPSA) is 91.7 Å². The normalized spacial score (nSPS) is 14.6. The third-order valence-corrected chi connectivity index (χ3v) is 2.94. The van der Waals surface area contributed by atoms with Crippen LogP contribution in [0.5, 0.6) is 0 Å². The van der Waals surface area contributed by atoms with Crippen LogP contribution in [-0.2, 0) is 13.9 Å². The van der Waals surface area contributed by atoms with E-state index in [0.29, 0.717) is 0 Å². The quantitative estimate of drug-likeness (QED) is 0.476. The summed E-state index contributed by atoms with van der Waals surface area (Å²) < 4.78 is 28.1. The van der Waals surface area contributed by atoms with Gasteiger partial charge in [0.2, 0.25) is 0 Å². The molecule has 0 heterocycles. The lowest BCUT2D eigenvalue weighted by molar-refractivity contribution is -0.136. The fourth-order valence-electron chi connectivity index (χ4n) is 0.224. The number of aliphatic carboxylic acids is 1. The molecule has 7 heteroatoms. The van der Waals surface area contributed by atoms with Crippen LogP contribution in [-0.4, -0.2) is 29.3 Å². The minimum Gasteiger partial charge on any atom is -0.480 e. The molecule has 0 saturated heterocycles. The third-order valence-electron chi connectivity index (χ3n) is 0.614. The van der Waals surface area contributed by atoms with E-state index in [1.165, 1.54) is 6.92 Å². The summed E-state index contributed by atoms with van der Waals surface area (Å²) in [6.45, 7) is 1.17. The van der Waals surface area contributed by atoms with Gasteiger partial charge in [0.15, 0.2) is 0 Å². The minimum atomic E-state index is -4.23. The van der Waals surface area contributed by atoms with Gasteiger partial charge in [-0.05, 0) is 6.92 Å². The highest BCUT2D eigenvalue weighted by molar-refractivity contribution is 8.70. The maximum atomic E-state index is 10.0. The van der Waals surface area contributed by atoms with Crippen molar-refractivity contribution in [3.8, 4) is 0 Å². The summed E-state index contributed by atoms with van der Waals surface area (Å²) in [6.07, 6.45) is 0. The molecule has 0 amide bonds. The zero-order chi connectivity index (χ0) is 8.36. The predicted octanol–water partition coefficient (Wildman–Crippen LogP) is -0.00450. The zero-order valence-corrected chi connectivity index (χ0v) is 6.65. The Morgan fingerprint density at radius 3 is 2.10 bits per heavy atom. The molecule has 5 nitrogen and oxygen atoms in total. The molecular formula is C3H6O5S2. The van der Waals surface area contributed by atoms with Crippen LogP contribution in [0.25, 0.3) is 0 Å². The van der Waals surface area contributed by atoms with E-state index in [9.17, 15) is 13.2 Å². The Bertz CT molecular complexity index is 217. The van der Waals surface area contributed by atoms with Crippen LogP contribution in [0, 0.1) is 0 Å². The van der Waals surface area contributed by atoms with Gasteiger partial charge in [0.05, 0.1) is 0 Å². The van der Waals surface area contributed by atoms with Crippen LogP contribution in [0.3, 0.4) is 0 Å². The molecule has 0 aromatic rings. The van der Waals surface area contributed by atoms with Gasteiger partial charge in [-0.2, -0.15) is 8.42 Å². The highest BCUT2D eigenvalue weighted by Gasteiger charge is 2.19. The Morgan fingerprint density at radius 2 is 2.00 bits per heavy atom. The average Bonchev–Trinajstić information content (AvgIpc) is 1.60. The number of carbonyl (C=O) groups is 1. The molecule has 0 rings (SSSR count). The zero-order valence-electron chi connectivity index (χ0n) is 5.01. The van der Waals surface area contributed by atoms with Crippen LogP contribution in [0.15, 0.2) is 0 Å². The summed E-state index contributed by atoms with van der Waals surface area (Å²) >= 11 is 0. The molecule has 0 spiro atoms. The van der Waals surface area contributed by atoms with Gasteiger partial charge < -0.3 is 5.11 Å². The first-order valence-electron chi connectivity index (χ1n) is 2.21. The summed E-state index contributed by atoms with van der Waals surface area (Å²) in [5, 5.41) is 7.01. The lowest BCUT2D eigenvalue weighted by Gasteiger charge is -1.99. The molecule has 0 fully saturated rings. The molecule has 0 aliphatic rings. The standard InChI is InChI=1S/C3H6O5S2/c1-2(3(4)5)9-10(6,7)8/h2H,1H3,(H,4,5)(H,6,7,8). The van der Waals surface area contributed by atoms with E-state index in [2.05, 4.69) is 0 Å². The van der Waals surface area contributed by atoms with Gasteiger partial charge in [-0.3, -0.25) is 9.35 Å². The first-order valence-corrected chi connectivity index (χ1v) is 5.05. The molecule has 0 radical (unpaired) electrons. The minimum absolute atomic E-state index is 0.00694. The number of hydrogen-bond acceptors (Lipinski definition) is 4. The van der Waals surface area contributed by atoms with Gasteiger partial charge in [0.25, 0.3) is 0 Å². The molecule has 0 aromatic carbocycles. The van der Waals surface area contributed by atoms with Gasteiger partial charge in [-0.1, -0.05) is 0 Å². The van der Waals surface area contributed by atoms with Crippen molar-refractivity contribution in [3.63, 3.8) is 0 Å². The van der Waals surface area contributed by atoms with Crippen LogP contribution >= 0.6 is 10.8 Å². The van der Waals surface area contributed by atoms with Crippen LogP contribution in [0.4, 0.5) is 0 Å². The number of carboxylic acids is 1. The Kier molecular flexibility index (Phi) is 3.13. The van der Waals surface area contributed by atoms with E-state index >= 15 is 0 Å². The second-order valence-corrected chi connectivity index (χ2v) is 5.10. The van der Waals surface area contributed by atoms with E-state index in [4.69, 9.17) is 9.66 Å². The summed E-state index contributed by atoms with van der Waals surface area (Å²) in [6, 6.07) is 0. The van der Waals surface area contributed by atoms with Gasteiger partial charge in [0, 0.05) is 10.8 Å². The predicted molar refractivity (Wildman–Crippen MR) is 36.2 cm³/mol. The monoisotopic (exact) mass is 186 g/mol. The van der Waals surface area contributed by atoms with Crippen molar-refractivity contribution < 1.29 is 22.9 Å². The maximum absolute atomic E-state index is 10.0. The van der Waals surface area contributed by atoms with Crippen LogP contribution < -0.4 is 0 Å². The highest BCUT2D eigenvalue weighted by Crippen LogP contribution is 2.16. The van der Waals surface area contributed by atoms with Gasteiger partial charge in [0.1, 0.15) is 5.25 Å². The maximum Gasteiger partial charge on any atom is 0.320 e. The molecular weight excluding hydrogens is 180 g/mol. The Hall–Kier alpha value is -0.270. The average molecular weight is 186 g/mol. The molecule has 0 bridgehead atoms. The third kappa shape index (κ3) is 4.59. The molecule has 0 aliphatic heterocycles. The number of carboxylic acid groups (broad SMARTS) is 1. The van der Waals surface area contributed by atoms with Crippen LogP contribution in [0.1, 0.15) is 6.92 Å². The van der Waals surface area contributed by atoms with Crippen molar-refractivity contribution in [2.45, 2.75) is 12.2 Å². The van der Waals surface area contributed by atoms with Crippen molar-refractivity contribution in [1.82, 2.24) is 0 Å². The molecule has 1 atom stereocenters. The van der Waals surface area contributed by atoms with E-state index in [-0.39, 0.29) is 10.8 Å². The molecule has 10 heavy (non-hydrogen) atoms. The lowest BCUT2D eigenvalue weighted by Crippen LogP contribution is -2.13. The number of hydrogen-bond donors (Lipinski definition) is 2. The largest absolute Gasteiger partial charge is 0.480 e. The van der Waals surface area contributed by atoms with Crippen molar-refractivity contribution in [1.29, 1.82) is 0 Å². The van der Waals surface area contributed by atoms with Gasteiger partial charge >= 0.3 is 15.1 Å². The van der Waals surface area contributed by atoms with Crippen LogP contribution in [0.2, 0.25) is 0 Å². The van der Waals surface area contributed by atoms with E-state index in [1.54, 1.807) is 0 Å². The first kappa shape index (κ1) is 9.73. The van der Waals surface area contributed by atoms with Crippen molar-refractivity contribution in [2.24, 2.45) is 0 Å². The molecule has 2 N–H and O–H groups in total. The molecule has 1 unspecified atom stereocenters. The van der Waals surface area contributed by atoms with Gasteiger partial charge in [-0.25, -0.2) is 0 Å². The lowest BCUT2D eigenvalue weighted by atomic mass is 10.5. The summed E-state index contributed by atoms with van der Waals surface area (Å²) in [7, 11) is -4.24. The summed E-state index contributed by atoms with van der Waals surface area (Å²) in [4.78, 5) is 9.98. The van der Waals surface area contributed by atoms with Crippen molar-refractivity contribution in [3.05, 3.63) is 0 Å². The van der Waals surface area contributed by atoms with E-state index in [1.807, 2.05) is 0 Å². The fourth-order valence-corrected chi connectivity index (χ4v) is 2.01. The van der Waals surface area contributed by atoms with Crippen molar-refractivity contribution >= 4 is 25.9 Å². The van der Waals surface area contributed by atoms with E-state index in [0.717, 1.165) is 0 Å². The second kappa shape index (κ2) is 3.22. The number of rotatable bonds is 3. The Labute approximate surface area is 61.6 Å². The Morgan fingerprint density at radius 1 is 1.60 bits per heavy atom.